The minimum absolute atomic E-state index is 0.568. The van der Waals surface area contributed by atoms with Gasteiger partial charge in [0.15, 0.2) is 23.1 Å². The van der Waals surface area contributed by atoms with Crippen molar-refractivity contribution in [2.24, 2.45) is 0 Å². The second-order valence-electron chi connectivity index (χ2n) is 12.8. The van der Waals surface area contributed by atoms with Crippen molar-refractivity contribution >= 4 is 75.3 Å². The SMILES string of the molecule is c1ccc(-c2nc(-c3cccc4c3oc3c(-n5c6ccccc6c6ccccc65)cccc34)nc(-c3cccc4sc5ccccc5c34)n2)cc1. The summed E-state index contributed by atoms with van der Waals surface area (Å²) in [5.41, 5.74) is 7.55. The highest BCUT2D eigenvalue weighted by Gasteiger charge is 2.22. The number of furan rings is 1. The summed E-state index contributed by atoms with van der Waals surface area (Å²) in [6.07, 6.45) is 0. The highest BCUT2D eigenvalue weighted by atomic mass is 32.1. The number of hydrogen-bond donors (Lipinski definition) is 0. The van der Waals surface area contributed by atoms with Gasteiger partial charge in [0.05, 0.1) is 22.3 Å². The summed E-state index contributed by atoms with van der Waals surface area (Å²) in [6, 6.07) is 54.8. The summed E-state index contributed by atoms with van der Waals surface area (Å²) in [6.45, 7) is 0. The Morgan fingerprint density at radius 2 is 0.961 bits per heavy atom. The predicted octanol–water partition coefficient (Wildman–Crippen LogP) is 12.2. The van der Waals surface area contributed by atoms with Crippen LogP contribution in [0.1, 0.15) is 0 Å². The number of fused-ring (bicyclic) bond motifs is 9. The minimum atomic E-state index is 0.568. The molecule has 0 N–H and O–H groups in total. The van der Waals surface area contributed by atoms with Crippen molar-refractivity contribution in [2.75, 3.05) is 0 Å². The molecule has 0 atom stereocenters. The lowest BCUT2D eigenvalue weighted by atomic mass is 10.0. The second-order valence-corrected chi connectivity index (χ2v) is 13.8. The van der Waals surface area contributed by atoms with E-state index in [-0.39, 0.29) is 0 Å². The smallest absolute Gasteiger partial charge is 0.167 e. The largest absolute Gasteiger partial charge is 0.453 e. The zero-order valence-electron chi connectivity index (χ0n) is 27.1. The van der Waals surface area contributed by atoms with Crippen LogP contribution in [0.25, 0.3) is 104 Å². The molecule has 0 unspecified atom stereocenters. The van der Waals surface area contributed by atoms with Crippen molar-refractivity contribution in [2.45, 2.75) is 0 Å². The van der Waals surface area contributed by atoms with E-state index in [1.165, 1.54) is 25.6 Å². The Bertz CT molecular complexity index is 3100. The number of hydrogen-bond acceptors (Lipinski definition) is 5. The van der Waals surface area contributed by atoms with E-state index in [2.05, 4.69) is 132 Å². The summed E-state index contributed by atoms with van der Waals surface area (Å²) in [7, 11) is 0. The van der Waals surface area contributed by atoms with E-state index in [0.717, 1.165) is 60.7 Å². The van der Waals surface area contributed by atoms with Gasteiger partial charge in [-0.3, -0.25) is 0 Å². The van der Waals surface area contributed by atoms with Crippen molar-refractivity contribution in [3.63, 3.8) is 0 Å². The van der Waals surface area contributed by atoms with Crippen molar-refractivity contribution in [3.8, 4) is 39.9 Å². The van der Waals surface area contributed by atoms with Gasteiger partial charge in [0.1, 0.15) is 5.58 Å². The van der Waals surface area contributed by atoms with Crippen LogP contribution in [0.2, 0.25) is 0 Å². The highest BCUT2D eigenvalue weighted by Crippen LogP contribution is 2.42. The average molecular weight is 671 g/mol. The standard InChI is InChI=1S/C45H26N4OS/c1-2-13-27(14-3-1)43-46-44(33-20-12-26-39-40(33)32-17-6-9-25-38(32)51-39)48-45(47-43)34-21-10-18-30-31-19-11-24-37(42(31)50-41(30)34)49-35-22-7-4-15-28(35)29-16-5-8-23-36(29)49/h1-26H. The molecule has 4 heterocycles. The van der Waals surface area contributed by atoms with Crippen LogP contribution in [0, 0.1) is 0 Å². The van der Waals surface area contributed by atoms with Crippen LogP contribution in [0.15, 0.2) is 162 Å². The van der Waals surface area contributed by atoms with Crippen LogP contribution in [-0.4, -0.2) is 19.5 Å². The molecule has 0 aliphatic rings. The van der Waals surface area contributed by atoms with Crippen molar-refractivity contribution in [1.82, 2.24) is 19.5 Å². The first-order chi connectivity index (χ1) is 25.3. The lowest BCUT2D eigenvalue weighted by Crippen LogP contribution is -2.00. The van der Waals surface area contributed by atoms with Gasteiger partial charge < -0.3 is 8.98 Å². The lowest BCUT2D eigenvalue weighted by molar-refractivity contribution is 0.667. The molecule has 4 aromatic heterocycles. The summed E-state index contributed by atoms with van der Waals surface area (Å²) in [5, 5.41) is 6.83. The molecule has 7 aromatic carbocycles. The zero-order chi connectivity index (χ0) is 33.5. The number of rotatable bonds is 4. The van der Waals surface area contributed by atoms with Crippen LogP contribution in [0.5, 0.6) is 0 Å². The van der Waals surface area contributed by atoms with Gasteiger partial charge in [0, 0.05) is 52.8 Å². The Kier molecular flexibility index (Phi) is 6.05. The van der Waals surface area contributed by atoms with E-state index in [9.17, 15) is 0 Å². The summed E-state index contributed by atoms with van der Waals surface area (Å²) >= 11 is 1.79. The molecule has 11 aromatic rings. The molecule has 6 heteroatoms. The fourth-order valence-corrected chi connectivity index (χ4v) is 8.77. The van der Waals surface area contributed by atoms with Gasteiger partial charge in [-0.1, -0.05) is 121 Å². The van der Waals surface area contributed by atoms with E-state index in [0.29, 0.717) is 17.5 Å². The summed E-state index contributed by atoms with van der Waals surface area (Å²) in [5.74, 6) is 1.82. The first kappa shape index (κ1) is 28.2. The number of nitrogens with zero attached hydrogens (tertiary/aromatic N) is 4. The molecule has 0 aliphatic carbocycles. The maximum atomic E-state index is 6.98. The van der Waals surface area contributed by atoms with Gasteiger partial charge in [-0.25, -0.2) is 15.0 Å². The molecule has 0 fully saturated rings. The molecule has 0 saturated heterocycles. The Morgan fingerprint density at radius 1 is 0.412 bits per heavy atom. The first-order valence-corrected chi connectivity index (χ1v) is 17.8. The fraction of sp³-hybridized carbons (Fsp3) is 0. The van der Waals surface area contributed by atoms with E-state index < -0.39 is 0 Å². The summed E-state index contributed by atoms with van der Waals surface area (Å²) < 4.78 is 11.7. The van der Waals surface area contributed by atoms with E-state index in [4.69, 9.17) is 19.4 Å². The summed E-state index contributed by atoms with van der Waals surface area (Å²) in [4.78, 5) is 15.5. The highest BCUT2D eigenvalue weighted by molar-refractivity contribution is 7.25. The van der Waals surface area contributed by atoms with Gasteiger partial charge >= 0.3 is 0 Å². The van der Waals surface area contributed by atoms with Crippen molar-refractivity contribution in [1.29, 1.82) is 0 Å². The molecule has 0 bridgehead atoms. The van der Waals surface area contributed by atoms with E-state index in [1.807, 2.05) is 30.3 Å². The number of para-hydroxylation sites is 4. The van der Waals surface area contributed by atoms with Crippen LogP contribution in [-0.2, 0) is 0 Å². The Labute approximate surface area is 295 Å². The van der Waals surface area contributed by atoms with Gasteiger partial charge in [0.25, 0.3) is 0 Å². The molecule has 51 heavy (non-hydrogen) atoms. The maximum Gasteiger partial charge on any atom is 0.167 e. The molecule has 0 radical (unpaired) electrons. The minimum Gasteiger partial charge on any atom is -0.453 e. The van der Waals surface area contributed by atoms with Crippen molar-refractivity contribution < 1.29 is 4.42 Å². The Balaban J connectivity index is 1.18. The first-order valence-electron chi connectivity index (χ1n) is 17.0. The van der Waals surface area contributed by atoms with Crippen LogP contribution in [0.3, 0.4) is 0 Å². The number of benzene rings is 7. The maximum absolute atomic E-state index is 6.98. The zero-order valence-corrected chi connectivity index (χ0v) is 27.9. The quantitative estimate of drug-likeness (QED) is 0.187. The van der Waals surface area contributed by atoms with Gasteiger partial charge in [-0.15, -0.1) is 11.3 Å². The third-order valence-electron chi connectivity index (χ3n) is 9.88. The predicted molar refractivity (Wildman–Crippen MR) is 211 cm³/mol. The fourth-order valence-electron chi connectivity index (χ4n) is 7.63. The molecule has 11 rings (SSSR count). The number of thiophene rings is 1. The van der Waals surface area contributed by atoms with Crippen molar-refractivity contribution in [3.05, 3.63) is 158 Å². The van der Waals surface area contributed by atoms with Crippen LogP contribution < -0.4 is 0 Å². The monoisotopic (exact) mass is 670 g/mol. The Hall–Kier alpha value is -6.63. The Morgan fingerprint density at radius 3 is 1.75 bits per heavy atom. The molecule has 0 aliphatic heterocycles. The third-order valence-corrected chi connectivity index (χ3v) is 11.0. The molecule has 0 spiro atoms. The van der Waals surface area contributed by atoms with Gasteiger partial charge in [-0.05, 0) is 36.4 Å². The van der Waals surface area contributed by atoms with E-state index >= 15 is 0 Å². The lowest BCUT2D eigenvalue weighted by Gasteiger charge is -2.10. The average Bonchev–Trinajstić information content (AvgIpc) is 3.88. The molecule has 238 valence electrons. The topological polar surface area (TPSA) is 56.7 Å². The molecule has 0 amide bonds. The van der Waals surface area contributed by atoms with Gasteiger partial charge in [0.2, 0.25) is 0 Å². The molecule has 0 saturated carbocycles. The second kappa shape index (κ2) is 10.9. The van der Waals surface area contributed by atoms with Gasteiger partial charge in [-0.2, -0.15) is 0 Å². The third kappa shape index (κ3) is 4.24. The number of aromatic nitrogens is 4. The molecule has 5 nitrogen and oxygen atoms in total. The molecular weight excluding hydrogens is 645 g/mol. The van der Waals surface area contributed by atoms with E-state index in [1.54, 1.807) is 11.3 Å². The van der Waals surface area contributed by atoms with Crippen LogP contribution in [0.4, 0.5) is 0 Å². The van der Waals surface area contributed by atoms with Crippen LogP contribution >= 0.6 is 11.3 Å². The normalized spacial score (nSPS) is 11.9. The molecular formula is C45H26N4OS.